The first-order valence-electron chi connectivity index (χ1n) is 12.3. The number of benzene rings is 2. The van der Waals surface area contributed by atoms with Crippen LogP contribution in [0.15, 0.2) is 42.5 Å². The molecule has 1 aliphatic heterocycles. The summed E-state index contributed by atoms with van der Waals surface area (Å²) in [7, 11) is 0. The molecule has 0 radical (unpaired) electrons. The molecule has 7 heteroatoms. The number of ether oxygens (including phenoxy) is 3. The Labute approximate surface area is 200 Å². The Morgan fingerprint density at radius 2 is 1.94 bits per heavy atom. The number of nitrogens with one attached hydrogen (secondary N) is 1. The van der Waals surface area contributed by atoms with E-state index in [0.717, 1.165) is 65.9 Å². The molecule has 34 heavy (non-hydrogen) atoms. The van der Waals surface area contributed by atoms with E-state index in [2.05, 4.69) is 22.0 Å². The van der Waals surface area contributed by atoms with Gasteiger partial charge in [0.25, 0.3) is 0 Å². The third-order valence-corrected chi connectivity index (χ3v) is 6.66. The van der Waals surface area contributed by atoms with Crippen molar-refractivity contribution in [3.63, 3.8) is 0 Å². The van der Waals surface area contributed by atoms with Crippen LogP contribution in [0, 0.1) is 0 Å². The fourth-order valence-corrected chi connectivity index (χ4v) is 4.76. The molecule has 1 saturated heterocycles. The highest BCUT2D eigenvalue weighted by Crippen LogP contribution is 2.45. The molecule has 7 nitrogen and oxygen atoms in total. The lowest BCUT2D eigenvalue weighted by molar-refractivity contribution is 0.0680. The van der Waals surface area contributed by atoms with Crippen LogP contribution in [0.2, 0.25) is 0 Å². The third kappa shape index (κ3) is 4.57. The van der Waals surface area contributed by atoms with Crippen molar-refractivity contribution in [1.29, 1.82) is 0 Å². The molecule has 1 saturated carbocycles. The Hall–Kier alpha value is -3.19. The van der Waals surface area contributed by atoms with Crippen LogP contribution in [0.4, 0.5) is 16.2 Å². The lowest BCUT2D eigenvalue weighted by Gasteiger charge is -2.30. The maximum Gasteiger partial charge on any atom is 0.411 e. The van der Waals surface area contributed by atoms with E-state index in [1.165, 1.54) is 6.42 Å². The van der Waals surface area contributed by atoms with Crippen LogP contribution < -0.4 is 15.8 Å². The van der Waals surface area contributed by atoms with E-state index in [0.29, 0.717) is 18.3 Å². The summed E-state index contributed by atoms with van der Waals surface area (Å²) in [5.41, 5.74) is 11.3. The summed E-state index contributed by atoms with van der Waals surface area (Å²) in [4.78, 5) is 11.9. The highest BCUT2D eigenvalue weighted by Gasteiger charge is 2.27. The second-order valence-corrected chi connectivity index (χ2v) is 9.50. The average molecular weight is 464 g/mol. The van der Waals surface area contributed by atoms with Crippen molar-refractivity contribution in [2.45, 2.75) is 64.2 Å². The molecule has 5 rings (SSSR count). The predicted molar refractivity (Wildman–Crippen MR) is 134 cm³/mol. The fraction of sp³-hybridized carbons (Fsp3) is 0.444. The maximum absolute atomic E-state index is 11.9. The van der Waals surface area contributed by atoms with Gasteiger partial charge >= 0.3 is 6.09 Å². The first-order chi connectivity index (χ1) is 16.5. The Kier molecular flexibility index (Phi) is 6.37. The number of anilines is 2. The molecule has 1 atom stereocenters. The number of aromatic nitrogens is 1. The van der Waals surface area contributed by atoms with Crippen molar-refractivity contribution in [2.24, 2.45) is 0 Å². The van der Waals surface area contributed by atoms with Crippen molar-refractivity contribution in [3.05, 3.63) is 42.5 Å². The van der Waals surface area contributed by atoms with Crippen molar-refractivity contribution < 1.29 is 19.0 Å². The zero-order valence-corrected chi connectivity index (χ0v) is 19.9. The minimum Gasteiger partial charge on any atom is -0.491 e. The number of carbonyl (C=O) groups excluding carboxylic acids is 1. The summed E-state index contributed by atoms with van der Waals surface area (Å²) in [5.74, 6) is 0.843. The molecule has 3 aromatic rings. The topological polar surface area (TPSA) is 87.7 Å². The van der Waals surface area contributed by atoms with Gasteiger partial charge in [-0.15, -0.1) is 0 Å². The van der Waals surface area contributed by atoms with Crippen LogP contribution in [0.25, 0.3) is 22.2 Å². The summed E-state index contributed by atoms with van der Waals surface area (Å²) in [6.45, 7) is 5.05. The number of hydrogen-bond acceptors (Lipinski definition) is 5. The Morgan fingerprint density at radius 1 is 1.15 bits per heavy atom. The van der Waals surface area contributed by atoms with Crippen LogP contribution in [0.5, 0.6) is 5.75 Å². The summed E-state index contributed by atoms with van der Waals surface area (Å²) >= 11 is 0. The van der Waals surface area contributed by atoms with Crippen molar-refractivity contribution in [3.8, 4) is 17.0 Å². The van der Waals surface area contributed by atoms with Crippen molar-refractivity contribution in [1.82, 2.24) is 4.57 Å². The smallest absolute Gasteiger partial charge is 0.411 e. The molecule has 0 spiro atoms. The lowest BCUT2D eigenvalue weighted by Crippen LogP contribution is -2.18. The van der Waals surface area contributed by atoms with Gasteiger partial charge in [0.15, 0.2) is 0 Å². The van der Waals surface area contributed by atoms with E-state index in [4.69, 9.17) is 19.9 Å². The highest BCUT2D eigenvalue weighted by atomic mass is 16.6. The molecule has 0 bridgehead atoms. The summed E-state index contributed by atoms with van der Waals surface area (Å²) in [6.07, 6.45) is 5.20. The number of nitrogens with zero attached hydrogens (tertiary/aromatic N) is 1. The molecule has 180 valence electrons. The van der Waals surface area contributed by atoms with Gasteiger partial charge in [0.1, 0.15) is 12.4 Å². The van der Waals surface area contributed by atoms with Crippen LogP contribution in [-0.4, -0.2) is 36.1 Å². The summed E-state index contributed by atoms with van der Waals surface area (Å²) < 4.78 is 19.3. The highest BCUT2D eigenvalue weighted by molar-refractivity contribution is 6.01. The second-order valence-electron chi connectivity index (χ2n) is 9.50. The van der Waals surface area contributed by atoms with Gasteiger partial charge in [-0.3, -0.25) is 5.32 Å². The average Bonchev–Trinajstić information content (AvgIpc) is 3.38. The number of carbonyl (C=O) groups is 1. The van der Waals surface area contributed by atoms with Gasteiger partial charge < -0.3 is 24.5 Å². The van der Waals surface area contributed by atoms with E-state index in [-0.39, 0.29) is 12.2 Å². The largest absolute Gasteiger partial charge is 0.491 e. The SMILES string of the molecule is CC(C)OC(=O)Nc1ccc(-c2c(N)c3ccc(OCC4CCCO4)cc3n2C2CCC2)cc1. The van der Waals surface area contributed by atoms with E-state index in [9.17, 15) is 4.79 Å². The number of amides is 1. The van der Waals surface area contributed by atoms with Gasteiger partial charge in [-0.25, -0.2) is 4.79 Å². The molecule has 1 aliphatic carbocycles. The van der Waals surface area contributed by atoms with Gasteiger partial charge in [-0.05, 0) is 70.2 Å². The molecule has 2 aliphatic rings. The Bertz CT molecular complexity index is 1160. The molecule has 2 heterocycles. The first kappa shape index (κ1) is 22.6. The third-order valence-electron chi connectivity index (χ3n) is 6.66. The minimum atomic E-state index is -0.457. The van der Waals surface area contributed by atoms with E-state index in [1.54, 1.807) is 0 Å². The molecule has 1 aromatic heterocycles. The quantitative estimate of drug-likeness (QED) is 0.440. The van der Waals surface area contributed by atoms with Crippen molar-refractivity contribution >= 4 is 28.4 Å². The predicted octanol–water partition coefficient (Wildman–Crippen LogP) is 6.13. The van der Waals surface area contributed by atoms with E-state index < -0.39 is 6.09 Å². The second kappa shape index (κ2) is 9.58. The maximum atomic E-state index is 11.9. The first-order valence-corrected chi connectivity index (χ1v) is 12.3. The van der Waals surface area contributed by atoms with Crippen LogP contribution in [-0.2, 0) is 9.47 Å². The molecule has 1 amide bonds. The number of nitrogens with two attached hydrogens (primary N) is 1. The van der Waals surface area contributed by atoms with Crippen LogP contribution in [0.1, 0.15) is 52.0 Å². The van der Waals surface area contributed by atoms with Gasteiger partial charge in [-0.2, -0.15) is 0 Å². The lowest BCUT2D eigenvalue weighted by atomic mass is 9.92. The van der Waals surface area contributed by atoms with Gasteiger partial charge in [-0.1, -0.05) is 12.1 Å². The van der Waals surface area contributed by atoms with E-state index in [1.807, 2.05) is 44.2 Å². The zero-order chi connectivity index (χ0) is 23.7. The Balaban J connectivity index is 1.45. The molecule has 2 aromatic carbocycles. The molecular weight excluding hydrogens is 430 g/mol. The van der Waals surface area contributed by atoms with Gasteiger partial charge in [0, 0.05) is 35.4 Å². The number of rotatable bonds is 7. The van der Waals surface area contributed by atoms with Crippen LogP contribution >= 0.6 is 0 Å². The molecule has 2 fully saturated rings. The van der Waals surface area contributed by atoms with Crippen LogP contribution in [0.3, 0.4) is 0 Å². The Morgan fingerprint density at radius 3 is 2.59 bits per heavy atom. The molecule has 1 unspecified atom stereocenters. The summed E-state index contributed by atoms with van der Waals surface area (Å²) in [6, 6.07) is 14.4. The number of hydrogen-bond donors (Lipinski definition) is 2. The normalized spacial score (nSPS) is 18.3. The monoisotopic (exact) mass is 463 g/mol. The number of fused-ring (bicyclic) bond motifs is 1. The van der Waals surface area contributed by atoms with Gasteiger partial charge in [0.05, 0.1) is 29.1 Å². The minimum absolute atomic E-state index is 0.170. The zero-order valence-electron chi connectivity index (χ0n) is 19.9. The standard InChI is InChI=1S/C27H33N3O4/c1-17(2)34-27(31)29-19-10-8-18(9-11-19)26-25(28)23-13-12-21(33-16-22-7-4-14-32-22)15-24(23)30(26)20-5-3-6-20/h8-13,15,17,20,22H,3-7,14,16,28H2,1-2H3,(H,29,31). The fourth-order valence-electron chi connectivity index (χ4n) is 4.76. The van der Waals surface area contributed by atoms with Crippen molar-refractivity contribution in [2.75, 3.05) is 24.3 Å². The number of nitrogen functional groups attached to an aromatic ring is 1. The van der Waals surface area contributed by atoms with Gasteiger partial charge in [0.2, 0.25) is 0 Å². The van der Waals surface area contributed by atoms with E-state index >= 15 is 0 Å². The molecule has 3 N–H and O–H groups in total. The molecular formula is C27H33N3O4. The summed E-state index contributed by atoms with van der Waals surface area (Å²) in [5, 5.41) is 3.81.